The summed E-state index contributed by atoms with van der Waals surface area (Å²) in [6.07, 6.45) is -1.70. The fourth-order valence-corrected chi connectivity index (χ4v) is 2.19. The molecular weight excluding hydrogens is 347 g/mol. The number of carbonyl (C=O) groups excluding carboxylic acids is 1. The van der Waals surface area contributed by atoms with Crippen LogP contribution in [0.25, 0.3) is 6.08 Å². The number of rotatable bonds is 6. The van der Waals surface area contributed by atoms with Crippen molar-refractivity contribution in [3.05, 3.63) is 59.7 Å². The number of benzene rings is 2. The molecule has 0 spiro atoms. The maximum Gasteiger partial charge on any atom is 0.416 e. The Balaban J connectivity index is 2.09. The van der Waals surface area contributed by atoms with Gasteiger partial charge in [0.05, 0.1) is 19.3 Å². The van der Waals surface area contributed by atoms with E-state index in [4.69, 9.17) is 9.47 Å². The predicted octanol–water partition coefficient (Wildman–Crippen LogP) is 4.76. The van der Waals surface area contributed by atoms with Crippen LogP contribution in [-0.2, 0) is 11.0 Å². The normalized spacial score (nSPS) is 11.4. The van der Waals surface area contributed by atoms with Crippen LogP contribution in [0.2, 0.25) is 0 Å². The molecule has 0 saturated heterocycles. The van der Waals surface area contributed by atoms with Crippen LogP contribution in [0.5, 0.6) is 11.5 Å². The molecular formula is C19H18F3NO3. The van der Waals surface area contributed by atoms with Gasteiger partial charge < -0.3 is 14.8 Å². The van der Waals surface area contributed by atoms with Crippen molar-refractivity contribution in [2.45, 2.75) is 13.1 Å². The van der Waals surface area contributed by atoms with E-state index in [1.54, 1.807) is 18.2 Å². The number of hydrogen-bond acceptors (Lipinski definition) is 3. The molecule has 0 aliphatic heterocycles. The Bertz CT molecular complexity index is 801. The third kappa shape index (κ3) is 5.27. The lowest BCUT2D eigenvalue weighted by atomic mass is 10.1. The quantitative estimate of drug-likeness (QED) is 0.751. The summed E-state index contributed by atoms with van der Waals surface area (Å²) in [6, 6.07) is 9.59. The topological polar surface area (TPSA) is 47.6 Å². The van der Waals surface area contributed by atoms with E-state index in [0.717, 1.165) is 12.1 Å². The molecule has 0 bridgehead atoms. The maximum absolute atomic E-state index is 12.7. The van der Waals surface area contributed by atoms with Crippen LogP contribution in [0.15, 0.2) is 48.5 Å². The Kier molecular flexibility index (Phi) is 6.27. The van der Waals surface area contributed by atoms with Crippen molar-refractivity contribution in [2.24, 2.45) is 0 Å². The van der Waals surface area contributed by atoms with Crippen LogP contribution in [0.1, 0.15) is 18.1 Å². The Morgan fingerprint density at radius 2 is 1.92 bits per heavy atom. The summed E-state index contributed by atoms with van der Waals surface area (Å²) in [4.78, 5) is 11.9. The van der Waals surface area contributed by atoms with Crippen molar-refractivity contribution < 1.29 is 27.4 Å². The van der Waals surface area contributed by atoms with E-state index < -0.39 is 17.6 Å². The van der Waals surface area contributed by atoms with Crippen molar-refractivity contribution in [1.82, 2.24) is 0 Å². The van der Waals surface area contributed by atoms with Crippen LogP contribution < -0.4 is 14.8 Å². The molecule has 0 radical (unpaired) electrons. The highest BCUT2D eigenvalue weighted by molar-refractivity contribution is 6.02. The third-order valence-electron chi connectivity index (χ3n) is 3.37. The highest BCUT2D eigenvalue weighted by atomic mass is 19.4. The molecule has 2 aromatic carbocycles. The van der Waals surface area contributed by atoms with Crippen LogP contribution in [-0.4, -0.2) is 19.6 Å². The standard InChI is InChI=1S/C19H18F3NO3/c1-3-26-17-11-13(7-9-16(17)25-2)8-10-18(24)23-15-6-4-5-14(12-15)19(20,21)22/h4-12H,3H2,1-2H3,(H,23,24)/b10-8+. The van der Waals surface area contributed by atoms with Gasteiger partial charge in [-0.2, -0.15) is 13.2 Å². The molecule has 4 nitrogen and oxygen atoms in total. The summed E-state index contributed by atoms with van der Waals surface area (Å²) < 4.78 is 48.7. The number of methoxy groups -OCH3 is 1. The molecule has 1 N–H and O–H groups in total. The van der Waals surface area contributed by atoms with Crippen molar-refractivity contribution in [3.63, 3.8) is 0 Å². The van der Waals surface area contributed by atoms with Gasteiger partial charge in [-0.3, -0.25) is 4.79 Å². The fraction of sp³-hybridized carbons (Fsp3) is 0.211. The van der Waals surface area contributed by atoms with Gasteiger partial charge in [-0.25, -0.2) is 0 Å². The van der Waals surface area contributed by atoms with Gasteiger partial charge in [0.15, 0.2) is 11.5 Å². The monoisotopic (exact) mass is 365 g/mol. The molecule has 0 saturated carbocycles. The molecule has 0 unspecified atom stereocenters. The third-order valence-corrected chi connectivity index (χ3v) is 3.37. The first-order valence-electron chi connectivity index (χ1n) is 7.80. The Labute approximate surface area is 149 Å². The molecule has 7 heteroatoms. The van der Waals surface area contributed by atoms with Crippen LogP contribution >= 0.6 is 0 Å². The minimum Gasteiger partial charge on any atom is -0.493 e. The van der Waals surface area contributed by atoms with Gasteiger partial charge in [-0.1, -0.05) is 12.1 Å². The van der Waals surface area contributed by atoms with E-state index in [-0.39, 0.29) is 5.69 Å². The highest BCUT2D eigenvalue weighted by Crippen LogP contribution is 2.31. The lowest BCUT2D eigenvalue weighted by molar-refractivity contribution is -0.137. The van der Waals surface area contributed by atoms with Crippen LogP contribution in [0.4, 0.5) is 18.9 Å². The lowest BCUT2D eigenvalue weighted by Crippen LogP contribution is -2.10. The number of ether oxygens (including phenoxy) is 2. The number of alkyl halides is 3. The molecule has 26 heavy (non-hydrogen) atoms. The van der Waals surface area contributed by atoms with Gasteiger partial charge in [-0.15, -0.1) is 0 Å². The maximum atomic E-state index is 12.7. The zero-order valence-electron chi connectivity index (χ0n) is 14.3. The minimum atomic E-state index is -4.46. The minimum absolute atomic E-state index is 0.0687. The average molecular weight is 365 g/mol. The number of carbonyl (C=O) groups is 1. The molecule has 2 rings (SSSR count). The van der Waals surface area contributed by atoms with Crippen molar-refractivity contribution in [1.29, 1.82) is 0 Å². The SMILES string of the molecule is CCOc1cc(/C=C/C(=O)Nc2cccc(C(F)(F)F)c2)ccc1OC. The largest absolute Gasteiger partial charge is 0.493 e. The lowest BCUT2D eigenvalue weighted by Gasteiger charge is -2.10. The Morgan fingerprint density at radius 3 is 2.58 bits per heavy atom. The van der Waals surface area contributed by atoms with E-state index in [2.05, 4.69) is 5.32 Å². The van der Waals surface area contributed by atoms with Crippen molar-refractivity contribution in [2.75, 3.05) is 19.0 Å². The van der Waals surface area contributed by atoms with Gasteiger partial charge in [0.2, 0.25) is 5.91 Å². The van der Waals surface area contributed by atoms with Crippen molar-refractivity contribution >= 4 is 17.7 Å². The van der Waals surface area contributed by atoms with Crippen LogP contribution in [0.3, 0.4) is 0 Å². The first kappa shape index (κ1) is 19.4. The molecule has 0 aromatic heterocycles. The first-order chi connectivity index (χ1) is 12.3. The summed E-state index contributed by atoms with van der Waals surface area (Å²) >= 11 is 0. The van der Waals surface area contributed by atoms with E-state index >= 15 is 0 Å². The summed E-state index contributed by atoms with van der Waals surface area (Å²) in [6.45, 7) is 2.30. The molecule has 0 aliphatic rings. The Hall–Kier alpha value is -2.96. The molecule has 138 valence electrons. The number of halogens is 3. The zero-order valence-corrected chi connectivity index (χ0v) is 14.3. The molecule has 0 aliphatic carbocycles. The summed E-state index contributed by atoms with van der Waals surface area (Å²) in [5.74, 6) is 0.561. The highest BCUT2D eigenvalue weighted by Gasteiger charge is 2.30. The zero-order chi connectivity index (χ0) is 19.2. The predicted molar refractivity (Wildman–Crippen MR) is 93.3 cm³/mol. The average Bonchev–Trinajstić information content (AvgIpc) is 2.60. The van der Waals surface area contributed by atoms with Crippen LogP contribution in [0, 0.1) is 0 Å². The molecule has 0 fully saturated rings. The first-order valence-corrected chi connectivity index (χ1v) is 7.80. The molecule has 1 amide bonds. The van der Waals surface area contributed by atoms with E-state index in [0.29, 0.717) is 23.7 Å². The fourth-order valence-electron chi connectivity index (χ4n) is 2.19. The molecule has 2 aromatic rings. The van der Waals surface area contributed by atoms with E-state index in [9.17, 15) is 18.0 Å². The Morgan fingerprint density at radius 1 is 1.15 bits per heavy atom. The second-order valence-electron chi connectivity index (χ2n) is 5.24. The second-order valence-corrected chi connectivity index (χ2v) is 5.24. The number of anilines is 1. The number of hydrogen-bond donors (Lipinski definition) is 1. The number of amides is 1. The van der Waals surface area contributed by atoms with Gasteiger partial charge in [0.1, 0.15) is 0 Å². The van der Waals surface area contributed by atoms with Gasteiger partial charge in [0, 0.05) is 11.8 Å². The molecule has 0 heterocycles. The summed E-state index contributed by atoms with van der Waals surface area (Å²) in [7, 11) is 1.52. The summed E-state index contributed by atoms with van der Waals surface area (Å²) in [5, 5.41) is 2.41. The van der Waals surface area contributed by atoms with E-state index in [1.807, 2.05) is 6.92 Å². The van der Waals surface area contributed by atoms with Gasteiger partial charge >= 0.3 is 6.18 Å². The van der Waals surface area contributed by atoms with Gasteiger partial charge in [0.25, 0.3) is 0 Å². The summed E-state index contributed by atoms with van der Waals surface area (Å²) in [5.41, 5.74) is -0.0663. The van der Waals surface area contributed by atoms with E-state index in [1.165, 1.54) is 31.4 Å². The second kappa shape index (κ2) is 8.42. The number of nitrogens with one attached hydrogen (secondary N) is 1. The smallest absolute Gasteiger partial charge is 0.416 e. The van der Waals surface area contributed by atoms with Gasteiger partial charge in [-0.05, 0) is 48.9 Å². The van der Waals surface area contributed by atoms with Crippen molar-refractivity contribution in [3.8, 4) is 11.5 Å². The molecule has 0 atom stereocenters.